The monoisotopic (exact) mass is 396 g/mol. The zero-order valence-electron chi connectivity index (χ0n) is 16.7. The van der Waals surface area contributed by atoms with Crippen LogP contribution < -0.4 is 4.74 Å². The van der Waals surface area contributed by atoms with Crippen molar-refractivity contribution >= 4 is 11.8 Å². The largest absolute Gasteiger partial charge is 0.497 e. The molecule has 0 aliphatic heterocycles. The Morgan fingerprint density at radius 2 is 1.07 bits per heavy atom. The Morgan fingerprint density at radius 3 is 1.59 bits per heavy atom. The zero-order valence-corrected chi connectivity index (χ0v) is 17.5. The highest BCUT2D eigenvalue weighted by atomic mass is 32.2. The van der Waals surface area contributed by atoms with Gasteiger partial charge in [0.15, 0.2) is 0 Å². The normalized spacial score (nSPS) is 11.2. The van der Waals surface area contributed by atoms with Gasteiger partial charge in [0.1, 0.15) is 5.75 Å². The number of ether oxygens (including phenoxy) is 1. The fourth-order valence-corrected chi connectivity index (χ4v) is 5.15. The fraction of sp³-hybridized carbons (Fsp3) is 0.111. The van der Waals surface area contributed by atoms with Crippen LogP contribution in [0.1, 0.15) is 22.3 Å². The third-order valence-electron chi connectivity index (χ3n) is 5.21. The molecular weight excluding hydrogens is 372 g/mol. The van der Waals surface area contributed by atoms with E-state index in [2.05, 4.69) is 104 Å². The number of benzene rings is 4. The minimum atomic E-state index is -0.374. The lowest BCUT2D eigenvalue weighted by molar-refractivity contribution is 0.414. The van der Waals surface area contributed by atoms with Crippen LogP contribution in [0.15, 0.2) is 114 Å². The molecule has 1 nitrogen and oxygen atoms in total. The second-order valence-corrected chi connectivity index (χ2v) is 8.27. The van der Waals surface area contributed by atoms with Crippen LogP contribution in [0, 0.1) is 6.92 Å². The van der Waals surface area contributed by atoms with Crippen molar-refractivity contribution in [1.29, 1.82) is 0 Å². The molecule has 0 amide bonds. The molecule has 0 aromatic heterocycles. The molecule has 4 aromatic carbocycles. The fourth-order valence-electron chi connectivity index (χ4n) is 3.68. The summed E-state index contributed by atoms with van der Waals surface area (Å²) < 4.78 is 5.05. The van der Waals surface area contributed by atoms with Gasteiger partial charge in [-0.15, -0.1) is 11.8 Å². The summed E-state index contributed by atoms with van der Waals surface area (Å²) in [6.07, 6.45) is 0. The summed E-state index contributed by atoms with van der Waals surface area (Å²) in [5.41, 5.74) is 5.01. The summed E-state index contributed by atoms with van der Waals surface area (Å²) in [6.45, 7) is 2.18. The predicted octanol–water partition coefficient (Wildman–Crippen LogP) is 7.09. The Morgan fingerprint density at radius 1 is 0.586 bits per heavy atom. The van der Waals surface area contributed by atoms with Crippen molar-refractivity contribution in [3.05, 3.63) is 131 Å². The van der Waals surface area contributed by atoms with Gasteiger partial charge in [-0.25, -0.2) is 0 Å². The topological polar surface area (TPSA) is 9.23 Å². The molecule has 0 saturated carbocycles. The van der Waals surface area contributed by atoms with Gasteiger partial charge in [0.25, 0.3) is 0 Å². The third-order valence-corrected chi connectivity index (χ3v) is 6.91. The van der Waals surface area contributed by atoms with Gasteiger partial charge in [0, 0.05) is 4.90 Å². The number of hydrogen-bond donors (Lipinski definition) is 0. The smallest absolute Gasteiger partial charge is 0.118 e. The van der Waals surface area contributed by atoms with Crippen LogP contribution in [0.3, 0.4) is 0 Å². The lowest BCUT2D eigenvalue weighted by Crippen LogP contribution is -2.25. The van der Waals surface area contributed by atoms with E-state index in [1.54, 1.807) is 7.11 Å². The Hall–Kier alpha value is -2.97. The second-order valence-electron chi connectivity index (χ2n) is 7.01. The molecule has 0 spiro atoms. The Kier molecular flexibility index (Phi) is 5.73. The van der Waals surface area contributed by atoms with Crippen molar-refractivity contribution in [2.75, 3.05) is 7.11 Å². The molecule has 0 heterocycles. The molecule has 0 radical (unpaired) electrons. The standard InChI is InChI=1S/C27H24OS/c1-21-11-9-10-16-26(21)29-27(22-12-5-3-6-13-22,23-14-7-4-8-15-23)24-17-19-25(28-2)20-18-24/h3-20H,1-2H3. The molecule has 2 heteroatoms. The molecule has 4 aromatic rings. The first-order valence-corrected chi connectivity index (χ1v) is 10.6. The number of hydrogen-bond acceptors (Lipinski definition) is 2. The number of methoxy groups -OCH3 is 1. The summed E-state index contributed by atoms with van der Waals surface area (Å²) in [7, 11) is 1.71. The molecule has 0 N–H and O–H groups in total. The summed E-state index contributed by atoms with van der Waals surface area (Å²) in [4.78, 5) is 1.27. The minimum absolute atomic E-state index is 0.374. The van der Waals surface area contributed by atoms with E-state index in [0.29, 0.717) is 0 Å². The van der Waals surface area contributed by atoms with Gasteiger partial charge < -0.3 is 4.74 Å². The van der Waals surface area contributed by atoms with Crippen molar-refractivity contribution in [2.45, 2.75) is 16.6 Å². The number of rotatable bonds is 6. The molecule has 0 aliphatic carbocycles. The molecular formula is C27H24OS. The molecule has 29 heavy (non-hydrogen) atoms. The van der Waals surface area contributed by atoms with Gasteiger partial charge in [0.05, 0.1) is 11.9 Å². The van der Waals surface area contributed by atoms with E-state index >= 15 is 0 Å². The highest BCUT2D eigenvalue weighted by molar-refractivity contribution is 8.00. The van der Waals surface area contributed by atoms with E-state index in [0.717, 1.165) is 5.75 Å². The molecule has 0 saturated heterocycles. The molecule has 144 valence electrons. The van der Waals surface area contributed by atoms with E-state index in [1.807, 2.05) is 23.9 Å². The minimum Gasteiger partial charge on any atom is -0.497 e. The average Bonchev–Trinajstić information content (AvgIpc) is 2.80. The van der Waals surface area contributed by atoms with E-state index in [-0.39, 0.29) is 4.75 Å². The number of thioether (sulfide) groups is 1. The SMILES string of the molecule is COc1ccc(C(Sc2ccccc2C)(c2ccccc2)c2ccccc2)cc1. The lowest BCUT2D eigenvalue weighted by Gasteiger charge is -2.36. The predicted molar refractivity (Wildman–Crippen MR) is 123 cm³/mol. The van der Waals surface area contributed by atoms with E-state index in [4.69, 9.17) is 4.74 Å². The first-order chi connectivity index (χ1) is 14.2. The van der Waals surface area contributed by atoms with Crippen molar-refractivity contribution in [3.63, 3.8) is 0 Å². The molecule has 0 fully saturated rings. The summed E-state index contributed by atoms with van der Waals surface area (Å²) >= 11 is 1.89. The summed E-state index contributed by atoms with van der Waals surface area (Å²) in [5.74, 6) is 0.865. The van der Waals surface area contributed by atoms with Crippen LogP contribution in [-0.4, -0.2) is 7.11 Å². The van der Waals surface area contributed by atoms with Crippen LogP contribution in [-0.2, 0) is 4.75 Å². The Labute approximate surface area is 177 Å². The van der Waals surface area contributed by atoms with Crippen molar-refractivity contribution in [1.82, 2.24) is 0 Å². The molecule has 0 aliphatic rings. The van der Waals surface area contributed by atoms with E-state index in [1.165, 1.54) is 27.1 Å². The quantitative estimate of drug-likeness (QED) is 0.254. The van der Waals surface area contributed by atoms with E-state index < -0.39 is 0 Å². The van der Waals surface area contributed by atoms with Crippen LogP contribution in [0.4, 0.5) is 0 Å². The van der Waals surface area contributed by atoms with Gasteiger partial charge in [-0.05, 0) is 47.4 Å². The molecule has 0 atom stereocenters. The van der Waals surface area contributed by atoms with Crippen LogP contribution >= 0.6 is 11.8 Å². The highest BCUT2D eigenvalue weighted by Gasteiger charge is 2.38. The van der Waals surface area contributed by atoms with Crippen molar-refractivity contribution in [3.8, 4) is 5.75 Å². The second kappa shape index (κ2) is 8.59. The van der Waals surface area contributed by atoms with Crippen LogP contribution in [0.5, 0.6) is 5.75 Å². The van der Waals surface area contributed by atoms with Gasteiger partial charge in [-0.1, -0.05) is 91.0 Å². The maximum Gasteiger partial charge on any atom is 0.118 e. The molecule has 4 rings (SSSR count). The van der Waals surface area contributed by atoms with Crippen molar-refractivity contribution < 1.29 is 4.74 Å². The van der Waals surface area contributed by atoms with Crippen LogP contribution in [0.25, 0.3) is 0 Å². The average molecular weight is 397 g/mol. The Balaban J connectivity index is 2.00. The summed E-state index contributed by atoms with van der Waals surface area (Å²) in [5, 5.41) is 0. The Bertz CT molecular complexity index is 1020. The van der Waals surface area contributed by atoms with Gasteiger partial charge in [-0.2, -0.15) is 0 Å². The first kappa shape index (κ1) is 19.4. The van der Waals surface area contributed by atoms with Crippen LogP contribution in [0.2, 0.25) is 0 Å². The zero-order chi connectivity index (χ0) is 20.1. The third kappa shape index (κ3) is 3.81. The van der Waals surface area contributed by atoms with Crippen molar-refractivity contribution in [2.24, 2.45) is 0 Å². The first-order valence-electron chi connectivity index (χ1n) is 9.74. The number of aryl methyl sites for hydroxylation is 1. The van der Waals surface area contributed by atoms with Gasteiger partial charge in [-0.3, -0.25) is 0 Å². The van der Waals surface area contributed by atoms with Gasteiger partial charge >= 0.3 is 0 Å². The maximum absolute atomic E-state index is 5.42. The van der Waals surface area contributed by atoms with Gasteiger partial charge in [0.2, 0.25) is 0 Å². The summed E-state index contributed by atoms with van der Waals surface area (Å²) in [6, 6.07) is 38.6. The molecule has 0 unspecified atom stereocenters. The highest BCUT2D eigenvalue weighted by Crippen LogP contribution is 2.52. The van der Waals surface area contributed by atoms with E-state index in [9.17, 15) is 0 Å². The maximum atomic E-state index is 5.42. The lowest BCUT2D eigenvalue weighted by atomic mass is 9.84. The molecule has 0 bridgehead atoms.